The van der Waals surface area contributed by atoms with E-state index in [0.717, 1.165) is 70.6 Å². The zero-order valence-corrected chi connectivity index (χ0v) is 34.6. The van der Waals surface area contributed by atoms with Crippen LogP contribution in [0, 0.1) is 0 Å². The van der Waals surface area contributed by atoms with Crippen molar-refractivity contribution in [2.75, 3.05) is 26.4 Å². The Morgan fingerprint density at radius 2 is 0.981 bits per heavy atom. The number of esters is 2. The van der Waals surface area contributed by atoms with Gasteiger partial charge >= 0.3 is 19.8 Å². The van der Waals surface area contributed by atoms with Crippen LogP contribution in [0.2, 0.25) is 0 Å². The highest BCUT2D eigenvalue weighted by molar-refractivity contribution is 7.47. The van der Waals surface area contributed by atoms with Crippen LogP contribution in [-0.4, -0.2) is 49.3 Å². The fraction of sp³-hybridized carbons (Fsp3) is 0.767. The van der Waals surface area contributed by atoms with Crippen molar-refractivity contribution in [3.05, 3.63) is 48.6 Å². The highest BCUT2D eigenvalue weighted by Crippen LogP contribution is 2.43. The molecule has 0 heterocycles. The summed E-state index contributed by atoms with van der Waals surface area (Å²) >= 11 is 0. The van der Waals surface area contributed by atoms with E-state index in [2.05, 4.69) is 62.5 Å². The molecule has 308 valence electrons. The average molecular weight is 768 g/mol. The SMILES string of the molecule is CCCCC/C=C/C/C=C/C/C=C/CCCCCCC(=O)OC[C@H](COP(=O)(O)OCCN)OC(=O)CCCCCCC/C=C/CCCCCCCC. The van der Waals surface area contributed by atoms with E-state index >= 15 is 0 Å². The van der Waals surface area contributed by atoms with Gasteiger partial charge in [-0.15, -0.1) is 0 Å². The van der Waals surface area contributed by atoms with Crippen LogP contribution in [0.15, 0.2) is 48.6 Å². The summed E-state index contributed by atoms with van der Waals surface area (Å²) in [7, 11) is -4.38. The summed E-state index contributed by atoms with van der Waals surface area (Å²) < 4.78 is 32.7. The lowest BCUT2D eigenvalue weighted by molar-refractivity contribution is -0.161. The van der Waals surface area contributed by atoms with Gasteiger partial charge in [-0.2, -0.15) is 0 Å². The summed E-state index contributed by atoms with van der Waals surface area (Å²) in [4.78, 5) is 34.8. The molecular formula is C43H78NO8P. The molecule has 3 N–H and O–H groups in total. The van der Waals surface area contributed by atoms with Crippen LogP contribution in [0.4, 0.5) is 0 Å². The molecule has 10 heteroatoms. The number of hydrogen-bond acceptors (Lipinski definition) is 8. The first-order valence-corrected chi connectivity index (χ1v) is 22.6. The number of rotatable bonds is 39. The topological polar surface area (TPSA) is 134 Å². The maximum absolute atomic E-state index is 12.6. The maximum atomic E-state index is 12.6. The molecule has 0 aromatic heterocycles. The molecule has 0 saturated heterocycles. The predicted octanol–water partition coefficient (Wildman–Crippen LogP) is 11.9. The van der Waals surface area contributed by atoms with Crippen LogP contribution in [-0.2, 0) is 32.7 Å². The van der Waals surface area contributed by atoms with Gasteiger partial charge in [-0.1, -0.05) is 140 Å². The first kappa shape index (κ1) is 51.0. The Bertz CT molecular complexity index is 1010. The first-order chi connectivity index (χ1) is 25.8. The van der Waals surface area contributed by atoms with E-state index in [1.807, 2.05) is 0 Å². The van der Waals surface area contributed by atoms with Crippen molar-refractivity contribution in [3.63, 3.8) is 0 Å². The molecule has 0 aliphatic carbocycles. The van der Waals surface area contributed by atoms with Gasteiger partial charge in [-0.05, 0) is 77.0 Å². The van der Waals surface area contributed by atoms with Gasteiger partial charge in [0.15, 0.2) is 6.10 Å². The summed E-state index contributed by atoms with van der Waals surface area (Å²) in [5.41, 5.74) is 5.34. The zero-order valence-electron chi connectivity index (χ0n) is 33.7. The van der Waals surface area contributed by atoms with E-state index in [9.17, 15) is 19.0 Å². The number of hydrogen-bond donors (Lipinski definition) is 2. The van der Waals surface area contributed by atoms with Crippen LogP contribution in [0.3, 0.4) is 0 Å². The third-order valence-corrected chi connectivity index (χ3v) is 9.67. The molecule has 1 unspecified atom stereocenters. The van der Waals surface area contributed by atoms with E-state index < -0.39 is 32.5 Å². The van der Waals surface area contributed by atoms with Crippen molar-refractivity contribution < 1.29 is 37.6 Å². The third-order valence-electron chi connectivity index (χ3n) is 8.69. The Morgan fingerprint density at radius 1 is 0.566 bits per heavy atom. The molecule has 0 aliphatic heterocycles. The van der Waals surface area contributed by atoms with Gasteiger partial charge in [-0.3, -0.25) is 18.6 Å². The minimum atomic E-state index is -4.38. The second-order valence-corrected chi connectivity index (χ2v) is 15.3. The molecule has 9 nitrogen and oxygen atoms in total. The van der Waals surface area contributed by atoms with Gasteiger partial charge in [0.05, 0.1) is 13.2 Å². The minimum absolute atomic E-state index is 0.0474. The molecule has 0 saturated carbocycles. The summed E-state index contributed by atoms with van der Waals surface area (Å²) in [6, 6.07) is 0. The number of nitrogens with two attached hydrogens (primary N) is 1. The largest absolute Gasteiger partial charge is 0.472 e. The van der Waals surface area contributed by atoms with Crippen LogP contribution in [0.25, 0.3) is 0 Å². The lowest BCUT2D eigenvalue weighted by atomic mass is 10.1. The second-order valence-electron chi connectivity index (χ2n) is 13.8. The Morgan fingerprint density at radius 3 is 1.51 bits per heavy atom. The summed E-state index contributed by atoms with van der Waals surface area (Å²) in [6.07, 6.45) is 44.2. The summed E-state index contributed by atoms with van der Waals surface area (Å²) in [6.45, 7) is 3.66. The fourth-order valence-corrected chi connectivity index (χ4v) is 6.28. The Labute approximate surface area is 324 Å². The van der Waals surface area contributed by atoms with Gasteiger partial charge in [-0.25, -0.2) is 4.57 Å². The van der Waals surface area contributed by atoms with E-state index in [1.165, 1.54) is 70.6 Å². The lowest BCUT2D eigenvalue weighted by Gasteiger charge is -2.19. The number of unbranched alkanes of at least 4 members (excludes halogenated alkanes) is 18. The van der Waals surface area contributed by atoms with Crippen molar-refractivity contribution >= 4 is 19.8 Å². The van der Waals surface area contributed by atoms with E-state index in [0.29, 0.717) is 12.8 Å². The quantitative estimate of drug-likeness (QED) is 0.0271. The van der Waals surface area contributed by atoms with E-state index in [-0.39, 0.29) is 32.6 Å². The molecule has 0 spiro atoms. The van der Waals surface area contributed by atoms with Crippen molar-refractivity contribution in [3.8, 4) is 0 Å². The number of ether oxygens (including phenoxy) is 2. The van der Waals surface area contributed by atoms with E-state index in [4.69, 9.17) is 24.3 Å². The van der Waals surface area contributed by atoms with Gasteiger partial charge in [0.25, 0.3) is 0 Å². The molecule has 0 radical (unpaired) electrons. The molecule has 0 rings (SSSR count). The molecule has 0 aromatic carbocycles. The first-order valence-electron chi connectivity index (χ1n) is 21.1. The Balaban J connectivity index is 4.23. The van der Waals surface area contributed by atoms with Crippen LogP contribution in [0.5, 0.6) is 0 Å². The molecule has 0 amide bonds. The molecule has 0 aromatic rings. The van der Waals surface area contributed by atoms with Crippen molar-refractivity contribution in [2.45, 2.75) is 187 Å². The van der Waals surface area contributed by atoms with Gasteiger partial charge < -0.3 is 20.1 Å². The monoisotopic (exact) mass is 768 g/mol. The van der Waals surface area contributed by atoms with Crippen LogP contribution in [0.1, 0.15) is 181 Å². The van der Waals surface area contributed by atoms with Crippen molar-refractivity contribution in [1.29, 1.82) is 0 Å². The van der Waals surface area contributed by atoms with Crippen molar-refractivity contribution in [1.82, 2.24) is 0 Å². The average Bonchev–Trinajstić information content (AvgIpc) is 3.14. The second kappa shape index (κ2) is 39.7. The number of carbonyl (C=O) groups is 2. The van der Waals surface area contributed by atoms with Crippen LogP contribution >= 0.6 is 7.82 Å². The molecular weight excluding hydrogens is 689 g/mol. The Hall–Kier alpha value is -2.03. The molecule has 0 fully saturated rings. The highest BCUT2D eigenvalue weighted by atomic mass is 31.2. The lowest BCUT2D eigenvalue weighted by Crippen LogP contribution is -2.29. The molecule has 0 aliphatic rings. The van der Waals surface area contributed by atoms with Crippen molar-refractivity contribution in [2.24, 2.45) is 5.73 Å². The third kappa shape index (κ3) is 39.5. The molecule has 2 atom stereocenters. The molecule has 53 heavy (non-hydrogen) atoms. The number of allylic oxidation sites excluding steroid dienone is 8. The smallest absolute Gasteiger partial charge is 0.462 e. The number of phosphoric acid groups is 1. The minimum Gasteiger partial charge on any atom is -0.462 e. The maximum Gasteiger partial charge on any atom is 0.472 e. The van der Waals surface area contributed by atoms with Crippen LogP contribution < -0.4 is 5.73 Å². The predicted molar refractivity (Wildman–Crippen MR) is 220 cm³/mol. The number of carbonyl (C=O) groups excluding carboxylic acids is 2. The zero-order chi connectivity index (χ0) is 38.9. The summed E-state index contributed by atoms with van der Waals surface area (Å²) in [5.74, 6) is -0.865. The fourth-order valence-electron chi connectivity index (χ4n) is 5.52. The van der Waals surface area contributed by atoms with E-state index in [1.54, 1.807) is 0 Å². The molecule has 0 bridgehead atoms. The van der Waals surface area contributed by atoms with Gasteiger partial charge in [0.2, 0.25) is 0 Å². The normalized spacial score (nSPS) is 13.8. The Kier molecular flexibility index (Phi) is 38.1. The van der Waals surface area contributed by atoms with Gasteiger partial charge in [0.1, 0.15) is 6.61 Å². The highest BCUT2D eigenvalue weighted by Gasteiger charge is 2.26. The summed E-state index contributed by atoms with van der Waals surface area (Å²) in [5, 5.41) is 0. The standard InChI is InChI=1S/C43H78NO8P/c1-3-5-7-9-11-13-15-17-19-20-22-23-25-27-29-31-33-35-42(45)49-39-41(40-51-53(47,48)50-38-37-44)52-43(46)36-34-32-30-28-26-24-21-18-16-14-12-10-8-6-4-2/h11,13,17-19,21-23,41H,3-10,12,14-16,20,24-40,44H2,1-2H3,(H,47,48)/b13-11+,19-17+,21-18+,23-22+/t41-/m1/s1. The van der Waals surface area contributed by atoms with Gasteiger partial charge in [0, 0.05) is 19.4 Å². The number of phosphoric ester groups is 1.